The third-order valence-electron chi connectivity index (χ3n) is 6.19. The molecular weight excluding hydrogens is 422 g/mol. The Hall–Kier alpha value is -3.23. The van der Waals surface area contributed by atoms with Crippen molar-refractivity contribution in [1.82, 2.24) is 15.1 Å². The molecule has 1 unspecified atom stereocenters. The molecule has 8 nitrogen and oxygen atoms in total. The maximum atomic E-state index is 13.0. The first-order chi connectivity index (χ1) is 17.2. The summed E-state index contributed by atoms with van der Waals surface area (Å²) in [6.07, 6.45) is 0.393. The van der Waals surface area contributed by atoms with E-state index in [-0.39, 0.29) is 48.6 Å². The van der Waals surface area contributed by atoms with Gasteiger partial charge in [0.25, 0.3) is 5.91 Å². The van der Waals surface area contributed by atoms with Gasteiger partial charge < -0.3 is 14.4 Å². The van der Waals surface area contributed by atoms with Crippen molar-refractivity contribution in [3.63, 3.8) is 0 Å². The Balaban J connectivity index is 1.34. The molecule has 0 radical (unpaired) electrons. The number of piperidine rings is 1. The van der Waals surface area contributed by atoms with Crippen molar-refractivity contribution in [2.75, 3.05) is 26.3 Å². The maximum absolute atomic E-state index is 13.0. The van der Waals surface area contributed by atoms with Crippen molar-refractivity contribution in [2.24, 2.45) is 0 Å². The van der Waals surface area contributed by atoms with Crippen LogP contribution >= 0.6 is 0 Å². The van der Waals surface area contributed by atoms with Crippen LogP contribution in [0.3, 0.4) is 0 Å². The molecule has 1 atom stereocenters. The molecule has 1 N–H and O–H groups in total. The smallest absolute Gasteiger partial charge is 0.255 e. The minimum Gasteiger partial charge on any atom is -0.489 e. The van der Waals surface area contributed by atoms with Crippen molar-refractivity contribution >= 4 is 17.7 Å². The molecule has 2 saturated heterocycles. The van der Waals surface area contributed by atoms with Crippen molar-refractivity contribution in [3.8, 4) is 5.75 Å². The highest BCUT2D eigenvalue weighted by atomic mass is 16.5. The largest absolute Gasteiger partial charge is 0.489 e. The number of amides is 3. The van der Waals surface area contributed by atoms with Gasteiger partial charge in [-0.15, -0.1) is 0 Å². The summed E-state index contributed by atoms with van der Waals surface area (Å²) in [4.78, 5) is 40.5. The molecule has 8 heteroatoms. The predicted molar refractivity (Wildman–Crippen MR) is 119 cm³/mol. The molecule has 3 aliphatic rings. The third-order valence-corrected chi connectivity index (χ3v) is 6.19. The van der Waals surface area contributed by atoms with Gasteiger partial charge in [0.05, 0.1) is 23.9 Å². The lowest BCUT2D eigenvalue weighted by Crippen LogP contribution is -2.52. The Kier molecular flexibility index (Phi) is 5.15. The van der Waals surface area contributed by atoms with E-state index >= 15 is 0 Å². The van der Waals surface area contributed by atoms with Crippen molar-refractivity contribution in [2.45, 2.75) is 38.5 Å². The van der Waals surface area contributed by atoms with Gasteiger partial charge in [0.2, 0.25) is 11.8 Å². The van der Waals surface area contributed by atoms with Gasteiger partial charge in [-0.05, 0) is 29.7 Å². The van der Waals surface area contributed by atoms with Crippen LogP contribution in [0.25, 0.3) is 0 Å². The monoisotopic (exact) mass is 452 g/mol. The van der Waals surface area contributed by atoms with Crippen LogP contribution in [0.4, 0.5) is 0 Å². The molecule has 2 fully saturated rings. The van der Waals surface area contributed by atoms with E-state index in [4.69, 9.17) is 13.6 Å². The predicted octanol–water partition coefficient (Wildman–Crippen LogP) is 1.86. The minimum atomic E-state index is -2.26. The molecule has 3 amide bonds. The summed E-state index contributed by atoms with van der Waals surface area (Å²) in [6, 6.07) is 9.12. The number of nitrogens with one attached hydrogen (secondary N) is 1. The van der Waals surface area contributed by atoms with Crippen LogP contribution in [-0.4, -0.2) is 59.9 Å². The molecule has 172 valence electrons. The van der Waals surface area contributed by atoms with E-state index in [1.807, 2.05) is 0 Å². The normalized spacial score (nSPS) is 22.9. The number of fused-ring (bicyclic) bond motifs is 1. The number of ether oxygens (including phenoxy) is 2. The lowest BCUT2D eigenvalue weighted by Gasteiger charge is -2.29. The molecule has 2 aromatic carbocycles. The Morgan fingerprint density at radius 2 is 1.94 bits per heavy atom. The van der Waals surface area contributed by atoms with E-state index in [1.54, 1.807) is 30.3 Å². The summed E-state index contributed by atoms with van der Waals surface area (Å²) in [7, 11) is 0. The van der Waals surface area contributed by atoms with Crippen LogP contribution in [-0.2, 0) is 34.0 Å². The van der Waals surface area contributed by atoms with Crippen LogP contribution in [0.2, 0.25) is 0 Å². The number of benzene rings is 2. The molecule has 3 aliphatic heterocycles. The lowest BCUT2D eigenvalue weighted by molar-refractivity contribution is -0.136. The first-order valence-electron chi connectivity index (χ1n) is 12.6. The quantitative estimate of drug-likeness (QED) is 0.674. The molecule has 0 aliphatic carbocycles. The van der Waals surface area contributed by atoms with Gasteiger partial charge >= 0.3 is 0 Å². The Bertz CT molecular complexity index is 1220. The van der Waals surface area contributed by atoms with Crippen LogP contribution in [0.5, 0.6) is 5.75 Å². The highest BCUT2D eigenvalue weighted by Gasteiger charge is 2.40. The summed E-state index contributed by atoms with van der Waals surface area (Å²) < 4.78 is 36.7. The number of hydrogen-bond donors (Lipinski definition) is 1. The number of nitrogens with zero attached hydrogens (tertiary/aromatic N) is 2. The second-order valence-corrected chi connectivity index (χ2v) is 8.38. The molecule has 33 heavy (non-hydrogen) atoms. The average molecular weight is 453 g/mol. The molecule has 5 rings (SSSR count). The zero-order valence-corrected chi connectivity index (χ0v) is 18.1. The molecule has 0 spiro atoms. The first-order valence-corrected chi connectivity index (χ1v) is 11.1. The number of rotatable bonds is 6. The van der Waals surface area contributed by atoms with E-state index in [2.05, 4.69) is 10.2 Å². The highest BCUT2D eigenvalue weighted by Crippen LogP contribution is 2.34. The summed E-state index contributed by atoms with van der Waals surface area (Å²) in [6.45, 7) is 1.32. The van der Waals surface area contributed by atoms with E-state index in [1.165, 1.54) is 11.0 Å². The number of imide groups is 1. The topological polar surface area (TPSA) is 88.2 Å². The zero-order chi connectivity index (χ0) is 25.4. The fraction of sp³-hybridized carbons (Fsp3) is 0.400. The number of carbonyl (C=O) groups is 3. The van der Waals surface area contributed by atoms with E-state index in [9.17, 15) is 14.4 Å². The van der Waals surface area contributed by atoms with Crippen molar-refractivity contribution < 1.29 is 28.0 Å². The Morgan fingerprint density at radius 1 is 1.12 bits per heavy atom. The molecule has 0 saturated carbocycles. The minimum absolute atomic E-state index is 0.0783. The first kappa shape index (κ1) is 18.2. The second kappa shape index (κ2) is 9.33. The summed E-state index contributed by atoms with van der Waals surface area (Å²) in [5.41, 5.74) is 1.82. The van der Waals surface area contributed by atoms with Gasteiger partial charge in [-0.25, -0.2) is 0 Å². The lowest BCUT2D eigenvalue weighted by atomic mass is 10.0. The molecule has 0 bridgehead atoms. The maximum Gasteiger partial charge on any atom is 0.255 e. The van der Waals surface area contributed by atoms with E-state index in [0.29, 0.717) is 30.9 Å². The molecule has 0 aromatic heterocycles. The van der Waals surface area contributed by atoms with Gasteiger partial charge in [0.15, 0.2) is 0 Å². The number of carbonyl (C=O) groups excluding carboxylic acids is 3. The van der Waals surface area contributed by atoms with Crippen LogP contribution in [0, 0.1) is 0 Å². The van der Waals surface area contributed by atoms with Gasteiger partial charge in [-0.3, -0.25) is 24.6 Å². The number of hydrogen-bond acceptors (Lipinski definition) is 6. The average Bonchev–Trinajstić information content (AvgIpc) is 3.18. The molecule has 2 aromatic rings. The Morgan fingerprint density at radius 3 is 2.73 bits per heavy atom. The highest BCUT2D eigenvalue weighted by molar-refractivity contribution is 6.05. The zero-order valence-electron chi connectivity index (χ0n) is 21.1. The fourth-order valence-corrected chi connectivity index (χ4v) is 4.39. The SMILES string of the molecule is [2H]c1cc(C([2H])([2H])Oc2cccc3c2CN(C2CCC(=O)NC2=O)C3=O)ccc1CN1CCOCC1. The second-order valence-electron chi connectivity index (χ2n) is 8.38. The van der Waals surface area contributed by atoms with E-state index in [0.717, 1.165) is 18.7 Å². The van der Waals surface area contributed by atoms with Crippen LogP contribution in [0.1, 0.15) is 44.0 Å². The summed E-state index contributed by atoms with van der Waals surface area (Å²) in [5, 5.41) is 2.27. The van der Waals surface area contributed by atoms with Gasteiger partial charge in [-0.1, -0.05) is 30.3 Å². The van der Waals surface area contributed by atoms with Crippen LogP contribution in [0.15, 0.2) is 42.4 Å². The van der Waals surface area contributed by atoms with E-state index < -0.39 is 18.5 Å². The molecular formula is C25H27N3O5. The number of morpholine rings is 1. The van der Waals surface area contributed by atoms with Gasteiger partial charge in [-0.2, -0.15) is 0 Å². The van der Waals surface area contributed by atoms with Crippen LogP contribution < -0.4 is 10.1 Å². The summed E-state index contributed by atoms with van der Waals surface area (Å²) in [5.74, 6) is -1.02. The summed E-state index contributed by atoms with van der Waals surface area (Å²) >= 11 is 0. The molecule has 3 heterocycles. The fourth-order valence-electron chi connectivity index (χ4n) is 4.39. The third kappa shape index (κ3) is 4.62. The standard InChI is InChI=1S/C25H27N3O5/c29-23-9-8-21(24(30)26-23)28-15-20-19(25(28)31)2-1-3-22(20)33-16-18-6-4-17(5-7-18)14-27-10-12-32-13-11-27/h1-7,21H,8-16H2,(H,26,29,30)/i4D,16D2. The van der Waals surface area contributed by atoms with Gasteiger partial charge in [0.1, 0.15) is 18.4 Å². The Labute approximate surface area is 196 Å². The van der Waals surface area contributed by atoms with Crippen molar-refractivity contribution in [1.29, 1.82) is 0 Å². The van der Waals surface area contributed by atoms with Gasteiger partial charge in [0, 0.05) is 37.2 Å². The van der Waals surface area contributed by atoms with Crippen molar-refractivity contribution in [3.05, 3.63) is 64.7 Å².